The van der Waals surface area contributed by atoms with Crippen molar-refractivity contribution in [2.75, 3.05) is 0 Å². The number of nitrogens with one attached hydrogen (secondary N) is 1. The first-order chi connectivity index (χ1) is 5.26. The van der Waals surface area contributed by atoms with E-state index in [4.69, 9.17) is 0 Å². The number of carbonyl (C=O) groups excluding carboxylic acids is 1. The Balaban J connectivity index is 1.87. The average Bonchev–Trinajstić information content (AvgIpc) is 1.81. The summed E-state index contributed by atoms with van der Waals surface area (Å²) in [5, 5.41) is 3.32. The van der Waals surface area contributed by atoms with Crippen LogP contribution in [0.4, 0.5) is 0 Å². The Morgan fingerprint density at radius 3 is 2.64 bits per heavy atom. The first-order valence-electron chi connectivity index (χ1n) is 4.20. The van der Waals surface area contributed by atoms with E-state index in [0.29, 0.717) is 5.54 Å². The monoisotopic (exact) mass is 151 g/mol. The van der Waals surface area contributed by atoms with Crippen LogP contribution in [0.1, 0.15) is 25.7 Å². The third-order valence-electron chi connectivity index (χ3n) is 2.93. The molecular formula is C9H13NO. The first kappa shape index (κ1) is 7.04. The summed E-state index contributed by atoms with van der Waals surface area (Å²) >= 11 is 0. The first-order valence-corrected chi connectivity index (χ1v) is 4.20. The number of carbonyl (C=O) groups is 1. The van der Waals surface area contributed by atoms with Crippen molar-refractivity contribution in [1.82, 2.24) is 5.32 Å². The van der Waals surface area contributed by atoms with Crippen LogP contribution in [0.15, 0.2) is 12.7 Å². The van der Waals surface area contributed by atoms with E-state index in [-0.39, 0.29) is 11.8 Å². The molecule has 1 N–H and O–H groups in total. The molecule has 0 aromatic carbocycles. The van der Waals surface area contributed by atoms with Gasteiger partial charge in [-0.1, -0.05) is 6.58 Å². The molecule has 1 aliphatic heterocycles. The molecule has 11 heavy (non-hydrogen) atoms. The van der Waals surface area contributed by atoms with Gasteiger partial charge in [-0.05, 0) is 31.8 Å². The van der Waals surface area contributed by atoms with E-state index in [0.717, 1.165) is 6.42 Å². The van der Waals surface area contributed by atoms with E-state index in [1.165, 1.54) is 25.3 Å². The molecular weight excluding hydrogens is 138 g/mol. The molecule has 1 saturated carbocycles. The molecule has 1 aliphatic carbocycles. The molecule has 0 radical (unpaired) electrons. The normalized spacial score (nSPS) is 32.2. The highest BCUT2D eigenvalue weighted by molar-refractivity contribution is 5.94. The molecule has 0 aromatic rings. The lowest BCUT2D eigenvalue weighted by Gasteiger charge is -2.54. The summed E-state index contributed by atoms with van der Waals surface area (Å²) in [4.78, 5) is 11.0. The molecule has 2 rings (SSSR count). The quantitative estimate of drug-likeness (QED) is 0.597. The smallest absolute Gasteiger partial charge is 0.172 e. The third-order valence-corrected chi connectivity index (χ3v) is 2.93. The van der Waals surface area contributed by atoms with Crippen molar-refractivity contribution in [3.8, 4) is 0 Å². The largest absolute Gasteiger partial charge is 0.301 e. The Hall–Kier alpha value is -0.630. The molecule has 2 aliphatic rings. The number of ketones is 1. The van der Waals surface area contributed by atoms with E-state index in [2.05, 4.69) is 11.9 Å². The van der Waals surface area contributed by atoms with Crippen LogP contribution in [0.3, 0.4) is 0 Å². The summed E-state index contributed by atoms with van der Waals surface area (Å²) in [6.07, 6.45) is 6.30. The van der Waals surface area contributed by atoms with E-state index >= 15 is 0 Å². The standard InChI is InChI=1S/C9H13NO/c1-2-8(11)7-6-9(10-7)4-3-5-9/h2,7,10H,1,3-6H2. The van der Waals surface area contributed by atoms with Crippen LogP contribution < -0.4 is 5.32 Å². The molecule has 0 aromatic heterocycles. The van der Waals surface area contributed by atoms with Crippen molar-refractivity contribution in [3.63, 3.8) is 0 Å². The molecule has 2 fully saturated rings. The van der Waals surface area contributed by atoms with Gasteiger partial charge in [0.2, 0.25) is 0 Å². The topological polar surface area (TPSA) is 29.1 Å². The van der Waals surface area contributed by atoms with Gasteiger partial charge in [0.25, 0.3) is 0 Å². The predicted octanol–water partition coefficient (Wildman–Crippen LogP) is 1.03. The summed E-state index contributed by atoms with van der Waals surface area (Å²) in [6, 6.07) is 0.0906. The van der Waals surface area contributed by atoms with Gasteiger partial charge in [0.05, 0.1) is 6.04 Å². The second-order valence-corrected chi connectivity index (χ2v) is 3.64. The summed E-state index contributed by atoms with van der Waals surface area (Å²) in [5.41, 5.74) is 0.378. The Morgan fingerprint density at radius 1 is 1.64 bits per heavy atom. The van der Waals surface area contributed by atoms with Crippen molar-refractivity contribution < 1.29 is 4.79 Å². The summed E-state index contributed by atoms with van der Waals surface area (Å²) in [5.74, 6) is 0.155. The molecule has 2 heteroatoms. The fourth-order valence-electron chi connectivity index (χ4n) is 2.01. The van der Waals surface area contributed by atoms with Gasteiger partial charge in [0, 0.05) is 5.54 Å². The number of hydrogen-bond acceptors (Lipinski definition) is 2. The molecule has 1 atom stereocenters. The van der Waals surface area contributed by atoms with Gasteiger partial charge in [-0.3, -0.25) is 4.79 Å². The van der Waals surface area contributed by atoms with E-state index in [1.807, 2.05) is 0 Å². The summed E-state index contributed by atoms with van der Waals surface area (Å²) < 4.78 is 0. The lowest BCUT2D eigenvalue weighted by molar-refractivity contribution is -0.122. The van der Waals surface area contributed by atoms with Gasteiger partial charge >= 0.3 is 0 Å². The average molecular weight is 151 g/mol. The number of rotatable bonds is 2. The molecule has 1 spiro atoms. The van der Waals surface area contributed by atoms with Crippen LogP contribution >= 0.6 is 0 Å². The van der Waals surface area contributed by atoms with Gasteiger partial charge < -0.3 is 5.32 Å². The maximum absolute atomic E-state index is 11.0. The second-order valence-electron chi connectivity index (χ2n) is 3.64. The van der Waals surface area contributed by atoms with Crippen LogP contribution in [-0.4, -0.2) is 17.4 Å². The molecule has 0 bridgehead atoms. The lowest BCUT2D eigenvalue weighted by Crippen LogP contribution is -2.69. The molecule has 60 valence electrons. The zero-order chi connectivity index (χ0) is 7.90. The van der Waals surface area contributed by atoms with E-state index < -0.39 is 0 Å². The molecule has 1 unspecified atom stereocenters. The zero-order valence-electron chi connectivity index (χ0n) is 6.60. The van der Waals surface area contributed by atoms with Crippen LogP contribution in [-0.2, 0) is 4.79 Å². The van der Waals surface area contributed by atoms with E-state index in [9.17, 15) is 4.79 Å². The number of hydrogen-bond donors (Lipinski definition) is 1. The Kier molecular flexibility index (Phi) is 1.39. The highest BCUT2D eigenvalue weighted by atomic mass is 16.1. The lowest BCUT2D eigenvalue weighted by atomic mass is 9.66. The van der Waals surface area contributed by atoms with Crippen molar-refractivity contribution in [2.24, 2.45) is 0 Å². The second kappa shape index (κ2) is 2.18. The zero-order valence-corrected chi connectivity index (χ0v) is 6.60. The Labute approximate surface area is 66.7 Å². The highest BCUT2D eigenvalue weighted by Crippen LogP contribution is 2.42. The van der Waals surface area contributed by atoms with Gasteiger partial charge in [-0.15, -0.1) is 0 Å². The van der Waals surface area contributed by atoms with Crippen molar-refractivity contribution in [2.45, 2.75) is 37.3 Å². The molecule has 1 heterocycles. The van der Waals surface area contributed by atoms with Crippen molar-refractivity contribution >= 4 is 5.78 Å². The Morgan fingerprint density at radius 2 is 2.27 bits per heavy atom. The van der Waals surface area contributed by atoms with E-state index in [1.54, 1.807) is 0 Å². The fraction of sp³-hybridized carbons (Fsp3) is 0.667. The van der Waals surface area contributed by atoms with Crippen LogP contribution in [0.5, 0.6) is 0 Å². The minimum atomic E-state index is 0.0906. The van der Waals surface area contributed by atoms with Crippen molar-refractivity contribution in [3.05, 3.63) is 12.7 Å². The minimum Gasteiger partial charge on any atom is -0.301 e. The molecule has 0 amide bonds. The van der Waals surface area contributed by atoms with Crippen LogP contribution in [0.2, 0.25) is 0 Å². The minimum absolute atomic E-state index is 0.0906. The van der Waals surface area contributed by atoms with Gasteiger partial charge in [-0.25, -0.2) is 0 Å². The van der Waals surface area contributed by atoms with Gasteiger partial charge in [0.1, 0.15) is 0 Å². The maximum Gasteiger partial charge on any atom is 0.172 e. The fourth-order valence-corrected chi connectivity index (χ4v) is 2.01. The predicted molar refractivity (Wildman–Crippen MR) is 43.3 cm³/mol. The van der Waals surface area contributed by atoms with Crippen LogP contribution in [0.25, 0.3) is 0 Å². The summed E-state index contributed by atoms with van der Waals surface area (Å²) in [6.45, 7) is 3.47. The molecule has 1 saturated heterocycles. The highest BCUT2D eigenvalue weighted by Gasteiger charge is 2.49. The third kappa shape index (κ3) is 0.932. The SMILES string of the molecule is C=CC(=O)C1CC2(CCC2)N1. The van der Waals surface area contributed by atoms with Crippen molar-refractivity contribution in [1.29, 1.82) is 0 Å². The van der Waals surface area contributed by atoms with Gasteiger partial charge in [-0.2, -0.15) is 0 Å². The van der Waals surface area contributed by atoms with Crippen LogP contribution in [0, 0.1) is 0 Å². The maximum atomic E-state index is 11.0. The Bertz CT molecular complexity index is 198. The van der Waals surface area contributed by atoms with Gasteiger partial charge in [0.15, 0.2) is 5.78 Å². The molecule has 2 nitrogen and oxygen atoms in total. The summed E-state index contributed by atoms with van der Waals surface area (Å²) in [7, 11) is 0.